The third-order valence-electron chi connectivity index (χ3n) is 4.50. The quantitative estimate of drug-likeness (QED) is 0.885. The van der Waals surface area contributed by atoms with Crippen molar-refractivity contribution in [2.75, 3.05) is 12.3 Å². The van der Waals surface area contributed by atoms with E-state index in [0.29, 0.717) is 12.0 Å². The largest absolute Gasteiger partial charge is 0.398 e. The molecule has 0 amide bonds. The lowest BCUT2D eigenvalue weighted by Gasteiger charge is -2.25. The summed E-state index contributed by atoms with van der Waals surface area (Å²) in [6, 6.07) is 11.1. The van der Waals surface area contributed by atoms with Gasteiger partial charge in [-0.1, -0.05) is 31.2 Å². The number of aromatic nitrogens is 1. The van der Waals surface area contributed by atoms with Gasteiger partial charge in [-0.25, -0.2) is 0 Å². The maximum atomic E-state index is 6.08. The lowest BCUT2D eigenvalue weighted by Crippen LogP contribution is -2.38. The summed E-state index contributed by atoms with van der Waals surface area (Å²) in [5, 5.41) is 3.65. The molecule has 1 aromatic heterocycles. The fraction of sp³-hybridized carbons (Fsp3) is 0.389. The van der Waals surface area contributed by atoms with E-state index in [9.17, 15) is 0 Å². The molecule has 0 spiro atoms. The van der Waals surface area contributed by atoms with Crippen LogP contribution in [-0.2, 0) is 19.3 Å². The number of fused-ring (bicyclic) bond motifs is 1. The Hall–Kier alpha value is -1.87. The average molecular weight is 281 g/mol. The van der Waals surface area contributed by atoms with Crippen LogP contribution in [0.25, 0.3) is 0 Å². The minimum Gasteiger partial charge on any atom is -0.398 e. The van der Waals surface area contributed by atoms with E-state index >= 15 is 0 Å². The Labute approximate surface area is 126 Å². The first-order valence-electron chi connectivity index (χ1n) is 7.76. The number of nitrogens with zero attached hydrogens (tertiary/aromatic N) is 1. The molecule has 0 saturated carbocycles. The number of hydrogen-bond acceptors (Lipinski definition) is 3. The summed E-state index contributed by atoms with van der Waals surface area (Å²) in [7, 11) is 0. The molecule has 3 nitrogen and oxygen atoms in total. The van der Waals surface area contributed by atoms with Gasteiger partial charge in [-0.3, -0.25) is 4.98 Å². The fourth-order valence-electron chi connectivity index (χ4n) is 3.39. The van der Waals surface area contributed by atoms with Gasteiger partial charge in [0.25, 0.3) is 0 Å². The third-order valence-corrected chi connectivity index (χ3v) is 4.50. The second-order valence-electron chi connectivity index (χ2n) is 5.88. The minimum absolute atomic E-state index is 0.453. The molecule has 1 aliphatic rings. The Bertz CT molecular complexity index is 584. The number of rotatable bonds is 5. The van der Waals surface area contributed by atoms with Crippen LogP contribution in [0.5, 0.6) is 0 Å². The molecule has 0 aliphatic heterocycles. The summed E-state index contributed by atoms with van der Waals surface area (Å²) in [5.74, 6) is 0.641. The van der Waals surface area contributed by atoms with Crippen molar-refractivity contribution < 1.29 is 0 Å². The highest BCUT2D eigenvalue weighted by molar-refractivity contribution is 5.45. The van der Waals surface area contributed by atoms with Crippen LogP contribution >= 0.6 is 0 Å². The number of benzene rings is 1. The summed E-state index contributed by atoms with van der Waals surface area (Å²) in [5.41, 5.74) is 11.1. The zero-order valence-corrected chi connectivity index (χ0v) is 12.5. The van der Waals surface area contributed by atoms with Crippen molar-refractivity contribution in [2.45, 2.75) is 32.2 Å². The van der Waals surface area contributed by atoms with Crippen LogP contribution in [-0.4, -0.2) is 17.6 Å². The number of pyridine rings is 1. The molecule has 0 bridgehead atoms. The molecule has 3 N–H and O–H groups in total. The Balaban J connectivity index is 1.76. The van der Waals surface area contributed by atoms with Gasteiger partial charge in [-0.15, -0.1) is 0 Å². The predicted molar refractivity (Wildman–Crippen MR) is 87.2 cm³/mol. The monoisotopic (exact) mass is 281 g/mol. The molecule has 3 rings (SSSR count). The summed E-state index contributed by atoms with van der Waals surface area (Å²) in [6.45, 7) is 3.15. The molecule has 1 aromatic carbocycles. The lowest BCUT2D eigenvalue weighted by molar-refractivity contribution is 0.368. The number of likely N-dealkylation sites (N-methyl/N-ethyl adjacent to an activating group) is 1. The molecule has 1 atom stereocenters. The van der Waals surface area contributed by atoms with E-state index in [1.54, 1.807) is 6.20 Å². The highest BCUT2D eigenvalue weighted by Gasteiger charge is 2.28. The van der Waals surface area contributed by atoms with Crippen LogP contribution in [0.15, 0.2) is 42.7 Å². The van der Waals surface area contributed by atoms with Crippen LogP contribution in [0.1, 0.15) is 23.6 Å². The predicted octanol–water partition coefficient (Wildman–Crippen LogP) is 2.60. The van der Waals surface area contributed by atoms with Crippen LogP contribution in [0.4, 0.5) is 5.69 Å². The Morgan fingerprint density at radius 1 is 1.24 bits per heavy atom. The van der Waals surface area contributed by atoms with Gasteiger partial charge in [0, 0.05) is 24.1 Å². The van der Waals surface area contributed by atoms with E-state index in [2.05, 4.69) is 41.5 Å². The van der Waals surface area contributed by atoms with E-state index in [-0.39, 0.29) is 0 Å². The maximum absolute atomic E-state index is 6.08. The number of nitrogens with two attached hydrogens (primary N) is 1. The van der Waals surface area contributed by atoms with E-state index in [4.69, 9.17) is 5.73 Å². The standard InChI is InChI=1S/C18H23N3/c1-2-21-18(11-16-12-20-8-7-17(16)19)15-9-13-5-3-4-6-14(13)10-15/h3-8,12,15,18,21H,2,9-11H2,1H3,(H2,19,20). The second-order valence-corrected chi connectivity index (χ2v) is 5.88. The van der Waals surface area contributed by atoms with Crippen molar-refractivity contribution in [1.29, 1.82) is 0 Å². The van der Waals surface area contributed by atoms with Gasteiger partial charge in [0.2, 0.25) is 0 Å². The van der Waals surface area contributed by atoms with Crippen LogP contribution < -0.4 is 11.1 Å². The molecule has 0 fully saturated rings. The van der Waals surface area contributed by atoms with Gasteiger partial charge < -0.3 is 11.1 Å². The summed E-state index contributed by atoms with van der Waals surface area (Å²) in [6.07, 6.45) is 6.93. The van der Waals surface area contributed by atoms with Gasteiger partial charge in [0.05, 0.1) is 0 Å². The van der Waals surface area contributed by atoms with Crippen LogP contribution in [0, 0.1) is 5.92 Å². The summed E-state index contributed by atoms with van der Waals surface area (Å²) >= 11 is 0. The van der Waals surface area contributed by atoms with E-state index in [0.717, 1.165) is 37.1 Å². The number of hydrogen-bond donors (Lipinski definition) is 2. The third kappa shape index (κ3) is 3.08. The second kappa shape index (κ2) is 6.27. The van der Waals surface area contributed by atoms with Crippen molar-refractivity contribution in [3.63, 3.8) is 0 Å². The van der Waals surface area contributed by atoms with Crippen molar-refractivity contribution in [3.8, 4) is 0 Å². The summed E-state index contributed by atoms with van der Waals surface area (Å²) in [4.78, 5) is 4.22. The van der Waals surface area contributed by atoms with Gasteiger partial charge in [-0.2, -0.15) is 0 Å². The zero-order valence-electron chi connectivity index (χ0n) is 12.5. The first-order valence-corrected chi connectivity index (χ1v) is 7.76. The van der Waals surface area contributed by atoms with Crippen molar-refractivity contribution in [3.05, 3.63) is 59.4 Å². The van der Waals surface area contributed by atoms with Crippen molar-refractivity contribution >= 4 is 5.69 Å². The molecule has 1 heterocycles. The molecular formula is C18H23N3. The van der Waals surface area contributed by atoms with Gasteiger partial charge in [0.1, 0.15) is 0 Å². The first kappa shape index (κ1) is 14.1. The SMILES string of the molecule is CCNC(Cc1cnccc1N)C1Cc2ccccc2C1. The minimum atomic E-state index is 0.453. The van der Waals surface area contributed by atoms with Crippen molar-refractivity contribution in [2.24, 2.45) is 5.92 Å². The van der Waals surface area contributed by atoms with Gasteiger partial charge >= 0.3 is 0 Å². The molecule has 21 heavy (non-hydrogen) atoms. The highest BCUT2D eigenvalue weighted by Crippen LogP contribution is 2.30. The van der Waals surface area contributed by atoms with Gasteiger partial charge in [0.15, 0.2) is 0 Å². The number of anilines is 1. The molecule has 1 unspecified atom stereocenters. The first-order chi connectivity index (χ1) is 10.3. The molecule has 0 radical (unpaired) electrons. The highest BCUT2D eigenvalue weighted by atomic mass is 14.9. The van der Waals surface area contributed by atoms with E-state index in [1.807, 2.05) is 12.3 Å². The topological polar surface area (TPSA) is 50.9 Å². The van der Waals surface area contributed by atoms with E-state index < -0.39 is 0 Å². The number of nitrogen functional groups attached to an aromatic ring is 1. The molecule has 3 heteroatoms. The van der Waals surface area contributed by atoms with Gasteiger partial charge in [-0.05, 0) is 54.5 Å². The zero-order chi connectivity index (χ0) is 14.7. The smallest absolute Gasteiger partial charge is 0.0378 e. The normalized spacial score (nSPS) is 15.9. The Morgan fingerprint density at radius 2 is 1.95 bits per heavy atom. The van der Waals surface area contributed by atoms with Crippen molar-refractivity contribution in [1.82, 2.24) is 10.3 Å². The van der Waals surface area contributed by atoms with Crippen LogP contribution in [0.3, 0.4) is 0 Å². The molecule has 2 aromatic rings. The van der Waals surface area contributed by atoms with E-state index in [1.165, 1.54) is 11.1 Å². The molecule has 110 valence electrons. The number of nitrogens with one attached hydrogen (secondary N) is 1. The fourth-order valence-corrected chi connectivity index (χ4v) is 3.39. The Morgan fingerprint density at radius 3 is 2.57 bits per heavy atom. The summed E-state index contributed by atoms with van der Waals surface area (Å²) < 4.78 is 0. The average Bonchev–Trinajstić information content (AvgIpc) is 2.93. The van der Waals surface area contributed by atoms with Crippen LogP contribution in [0.2, 0.25) is 0 Å². The molecule has 1 aliphatic carbocycles. The lowest BCUT2D eigenvalue weighted by atomic mass is 9.91. The molecular weight excluding hydrogens is 258 g/mol. The maximum Gasteiger partial charge on any atom is 0.0378 e. The molecule has 0 saturated heterocycles. The Kier molecular flexibility index (Phi) is 4.20.